The normalized spacial score (nSPS) is 10.6. The Morgan fingerprint density at radius 2 is 1.83 bits per heavy atom. The van der Waals surface area contributed by atoms with E-state index in [0.717, 1.165) is 11.3 Å². The predicted octanol–water partition coefficient (Wildman–Crippen LogP) is 2.53. The zero-order valence-electron chi connectivity index (χ0n) is 15.6. The highest BCUT2D eigenvalue weighted by atomic mass is 16.2. The van der Waals surface area contributed by atoms with E-state index >= 15 is 0 Å². The molecule has 0 saturated heterocycles. The summed E-state index contributed by atoms with van der Waals surface area (Å²) in [6.45, 7) is 0.570. The number of amides is 1. The lowest BCUT2D eigenvalue weighted by Crippen LogP contribution is -2.32. The standard InChI is InChI=1S/C22H19N5O2/c28-21-11-10-20(17-6-2-1-3-7-17)25-27(21)15-13-23-22(29)18-8-4-9-19(16-18)26-14-5-12-24-26/h1-12,14,16H,13,15H2,(H,23,29). The van der Waals surface area contributed by atoms with Crippen LogP contribution in [0.5, 0.6) is 0 Å². The monoisotopic (exact) mass is 385 g/mol. The molecule has 1 amide bonds. The fraction of sp³-hybridized carbons (Fsp3) is 0.0909. The first-order valence-corrected chi connectivity index (χ1v) is 9.22. The maximum Gasteiger partial charge on any atom is 0.266 e. The molecule has 0 aliphatic carbocycles. The van der Waals surface area contributed by atoms with Crippen molar-refractivity contribution in [2.24, 2.45) is 0 Å². The van der Waals surface area contributed by atoms with Crippen LogP contribution in [0.2, 0.25) is 0 Å². The van der Waals surface area contributed by atoms with Gasteiger partial charge in [-0.25, -0.2) is 9.36 Å². The van der Waals surface area contributed by atoms with Crippen LogP contribution in [0.25, 0.3) is 16.9 Å². The van der Waals surface area contributed by atoms with Crippen LogP contribution in [0.1, 0.15) is 10.4 Å². The summed E-state index contributed by atoms with van der Waals surface area (Å²) in [6.07, 6.45) is 3.50. The van der Waals surface area contributed by atoms with E-state index < -0.39 is 0 Å². The first-order valence-electron chi connectivity index (χ1n) is 9.22. The van der Waals surface area contributed by atoms with E-state index in [1.54, 1.807) is 35.1 Å². The molecule has 0 radical (unpaired) electrons. The Bertz CT molecular complexity index is 1170. The summed E-state index contributed by atoms with van der Waals surface area (Å²) >= 11 is 0. The lowest BCUT2D eigenvalue weighted by atomic mass is 10.1. The van der Waals surface area contributed by atoms with Crippen molar-refractivity contribution in [2.75, 3.05) is 6.54 Å². The average molecular weight is 385 g/mol. The summed E-state index contributed by atoms with van der Waals surface area (Å²) in [5.74, 6) is -0.216. The summed E-state index contributed by atoms with van der Waals surface area (Å²) < 4.78 is 3.05. The molecule has 0 bridgehead atoms. The lowest BCUT2D eigenvalue weighted by molar-refractivity contribution is 0.0951. The minimum Gasteiger partial charge on any atom is -0.350 e. The second kappa shape index (κ2) is 8.35. The first kappa shape index (κ1) is 18.4. The smallest absolute Gasteiger partial charge is 0.266 e. The van der Waals surface area contributed by atoms with Crippen molar-refractivity contribution in [3.63, 3.8) is 0 Å². The summed E-state index contributed by atoms with van der Waals surface area (Å²) in [5.41, 5.74) is 2.76. The minimum atomic E-state index is -0.216. The quantitative estimate of drug-likeness (QED) is 0.553. The molecule has 0 saturated carbocycles. The van der Waals surface area contributed by atoms with Gasteiger partial charge in [-0.1, -0.05) is 36.4 Å². The zero-order valence-corrected chi connectivity index (χ0v) is 15.6. The van der Waals surface area contributed by atoms with Crippen molar-refractivity contribution >= 4 is 5.91 Å². The van der Waals surface area contributed by atoms with Crippen LogP contribution in [-0.4, -0.2) is 32.0 Å². The summed E-state index contributed by atoms with van der Waals surface area (Å²) in [7, 11) is 0. The van der Waals surface area contributed by atoms with Gasteiger partial charge in [-0.15, -0.1) is 0 Å². The number of nitrogens with zero attached hydrogens (tertiary/aromatic N) is 4. The van der Waals surface area contributed by atoms with E-state index in [-0.39, 0.29) is 24.6 Å². The van der Waals surface area contributed by atoms with Gasteiger partial charge in [0.2, 0.25) is 0 Å². The van der Waals surface area contributed by atoms with Crippen molar-refractivity contribution in [3.05, 3.63) is 101 Å². The Hall–Kier alpha value is -4.00. The van der Waals surface area contributed by atoms with Gasteiger partial charge in [0.05, 0.1) is 17.9 Å². The highest BCUT2D eigenvalue weighted by molar-refractivity contribution is 5.94. The van der Waals surface area contributed by atoms with Crippen LogP contribution >= 0.6 is 0 Å². The van der Waals surface area contributed by atoms with Crippen molar-refractivity contribution in [1.82, 2.24) is 24.9 Å². The molecule has 0 spiro atoms. The first-order chi connectivity index (χ1) is 14.2. The van der Waals surface area contributed by atoms with E-state index in [1.807, 2.05) is 48.7 Å². The maximum atomic E-state index is 12.5. The summed E-state index contributed by atoms with van der Waals surface area (Å²) in [4.78, 5) is 24.6. The van der Waals surface area contributed by atoms with E-state index in [9.17, 15) is 9.59 Å². The van der Waals surface area contributed by atoms with E-state index in [0.29, 0.717) is 11.3 Å². The van der Waals surface area contributed by atoms with E-state index in [2.05, 4.69) is 15.5 Å². The van der Waals surface area contributed by atoms with Gasteiger partial charge < -0.3 is 5.32 Å². The number of carbonyl (C=O) groups is 1. The third kappa shape index (κ3) is 4.30. The van der Waals surface area contributed by atoms with Gasteiger partial charge >= 0.3 is 0 Å². The Balaban J connectivity index is 1.42. The van der Waals surface area contributed by atoms with Gasteiger partial charge in [0.15, 0.2) is 0 Å². The number of hydrogen-bond donors (Lipinski definition) is 1. The van der Waals surface area contributed by atoms with E-state index in [4.69, 9.17) is 0 Å². The molecule has 0 aliphatic heterocycles. The number of nitrogens with one attached hydrogen (secondary N) is 1. The number of aromatic nitrogens is 4. The molecule has 2 aromatic carbocycles. The second-order valence-electron chi connectivity index (χ2n) is 6.40. The molecule has 7 nitrogen and oxygen atoms in total. The largest absolute Gasteiger partial charge is 0.350 e. The van der Waals surface area contributed by atoms with Gasteiger partial charge in [0, 0.05) is 36.1 Å². The fourth-order valence-electron chi connectivity index (χ4n) is 2.96. The zero-order chi connectivity index (χ0) is 20.1. The van der Waals surface area contributed by atoms with Crippen molar-refractivity contribution in [1.29, 1.82) is 0 Å². The number of carbonyl (C=O) groups excluding carboxylic acids is 1. The molecule has 0 fully saturated rings. The predicted molar refractivity (Wildman–Crippen MR) is 110 cm³/mol. The molecule has 2 heterocycles. The molecule has 0 unspecified atom stereocenters. The van der Waals surface area contributed by atoms with Gasteiger partial charge in [-0.3, -0.25) is 9.59 Å². The highest BCUT2D eigenvalue weighted by Gasteiger charge is 2.08. The molecular weight excluding hydrogens is 366 g/mol. The maximum absolute atomic E-state index is 12.5. The number of benzene rings is 2. The van der Waals surface area contributed by atoms with Crippen molar-refractivity contribution < 1.29 is 4.79 Å². The van der Waals surface area contributed by atoms with Crippen molar-refractivity contribution in [3.8, 4) is 16.9 Å². The molecule has 4 aromatic rings. The average Bonchev–Trinajstić information content (AvgIpc) is 3.31. The summed E-state index contributed by atoms with van der Waals surface area (Å²) in [5, 5.41) is 11.4. The number of rotatable bonds is 6. The second-order valence-corrected chi connectivity index (χ2v) is 6.40. The minimum absolute atomic E-state index is 0.209. The third-order valence-electron chi connectivity index (χ3n) is 4.42. The molecular formula is C22H19N5O2. The Kier molecular flexibility index (Phi) is 5.29. The molecule has 144 valence electrons. The van der Waals surface area contributed by atoms with Crippen LogP contribution < -0.4 is 10.9 Å². The highest BCUT2D eigenvalue weighted by Crippen LogP contribution is 2.14. The van der Waals surface area contributed by atoms with Crippen molar-refractivity contribution in [2.45, 2.75) is 6.54 Å². The molecule has 2 aromatic heterocycles. The molecule has 0 atom stereocenters. The molecule has 1 N–H and O–H groups in total. The van der Waals surface area contributed by atoms with Crippen LogP contribution in [0.4, 0.5) is 0 Å². The topological polar surface area (TPSA) is 81.8 Å². The van der Waals surface area contributed by atoms with Gasteiger partial charge in [-0.2, -0.15) is 10.2 Å². The van der Waals surface area contributed by atoms with Crippen LogP contribution in [-0.2, 0) is 6.54 Å². The lowest BCUT2D eigenvalue weighted by Gasteiger charge is -2.09. The SMILES string of the molecule is O=C(NCCn1nc(-c2ccccc2)ccc1=O)c1cccc(-n2cccn2)c1. The van der Waals surface area contributed by atoms with Gasteiger partial charge in [0.1, 0.15) is 0 Å². The van der Waals surface area contributed by atoms with E-state index in [1.165, 1.54) is 10.7 Å². The fourth-order valence-corrected chi connectivity index (χ4v) is 2.96. The Morgan fingerprint density at radius 1 is 0.966 bits per heavy atom. The van der Waals surface area contributed by atoms with Crippen LogP contribution in [0.15, 0.2) is 90.0 Å². The van der Waals surface area contributed by atoms with Crippen LogP contribution in [0.3, 0.4) is 0 Å². The third-order valence-corrected chi connectivity index (χ3v) is 4.42. The Labute approximate surface area is 167 Å². The molecule has 29 heavy (non-hydrogen) atoms. The van der Waals surface area contributed by atoms with Crippen LogP contribution in [0, 0.1) is 0 Å². The molecule has 7 heteroatoms. The molecule has 0 aliphatic rings. The van der Waals surface area contributed by atoms with Gasteiger partial charge in [0.25, 0.3) is 11.5 Å². The number of hydrogen-bond acceptors (Lipinski definition) is 4. The van der Waals surface area contributed by atoms with Gasteiger partial charge in [-0.05, 0) is 30.3 Å². The Morgan fingerprint density at radius 3 is 2.62 bits per heavy atom. The summed E-state index contributed by atoms with van der Waals surface area (Å²) in [6, 6.07) is 21.8. The molecule has 4 rings (SSSR count).